The molecule has 2 N–H and O–H groups in total. The number of rotatable bonds is 3. The van der Waals surface area contributed by atoms with Crippen molar-refractivity contribution in [2.75, 3.05) is 5.75 Å². The number of benzene rings is 1. The summed E-state index contributed by atoms with van der Waals surface area (Å²) in [4.78, 5) is 11.4. The fourth-order valence-corrected chi connectivity index (χ4v) is 3.80. The minimum atomic E-state index is -3.31. The molecule has 0 radical (unpaired) electrons. The second-order valence-electron chi connectivity index (χ2n) is 4.95. The Morgan fingerprint density at radius 2 is 2.00 bits per heavy atom. The minimum absolute atomic E-state index is 0.0942. The molecule has 0 saturated heterocycles. The number of carboxylic acid groups (broad SMARTS) is 1. The van der Waals surface area contributed by atoms with Crippen molar-refractivity contribution in [3.8, 4) is 0 Å². The van der Waals surface area contributed by atoms with Gasteiger partial charge in [0.25, 0.3) is 0 Å². The topological polar surface area (TPSA) is 83.5 Å². The van der Waals surface area contributed by atoms with Crippen LogP contribution < -0.4 is 5.32 Å². The number of hydrogen-bond donors (Lipinski definition) is 2. The molecule has 18 heavy (non-hydrogen) atoms. The summed E-state index contributed by atoms with van der Waals surface area (Å²) in [7, 11) is -3.31. The summed E-state index contributed by atoms with van der Waals surface area (Å²) in [6, 6.07) is 6.22. The first-order valence-electron chi connectivity index (χ1n) is 5.57. The van der Waals surface area contributed by atoms with Crippen LogP contribution in [0.25, 0.3) is 0 Å². The smallest absolute Gasteiger partial charge is 0.323 e. The minimum Gasteiger partial charge on any atom is -0.480 e. The molecule has 1 aromatic rings. The predicted octanol–water partition coefficient (Wildman–Crippen LogP) is 0.968. The van der Waals surface area contributed by atoms with Gasteiger partial charge in [0.1, 0.15) is 5.54 Å². The maximum atomic E-state index is 11.9. The van der Waals surface area contributed by atoms with E-state index >= 15 is 0 Å². The van der Waals surface area contributed by atoms with Crippen molar-refractivity contribution in [2.24, 2.45) is 0 Å². The van der Waals surface area contributed by atoms with Gasteiger partial charge in [-0.1, -0.05) is 18.2 Å². The van der Waals surface area contributed by atoms with E-state index in [-0.39, 0.29) is 5.75 Å². The fraction of sp³-hybridized carbons (Fsp3) is 0.417. The van der Waals surface area contributed by atoms with Crippen LogP contribution in [0.15, 0.2) is 29.2 Å². The van der Waals surface area contributed by atoms with Gasteiger partial charge in [0.2, 0.25) is 0 Å². The van der Waals surface area contributed by atoms with Crippen molar-refractivity contribution in [3.63, 3.8) is 0 Å². The van der Waals surface area contributed by atoms with Crippen LogP contribution in [-0.4, -0.2) is 30.8 Å². The van der Waals surface area contributed by atoms with E-state index < -0.39 is 27.4 Å². The zero-order valence-corrected chi connectivity index (χ0v) is 11.0. The first-order chi connectivity index (χ1) is 8.24. The SMILES string of the molecule is CC(C)(NC1CS(=O)(=O)c2ccccc21)C(=O)O. The molecule has 1 unspecified atom stereocenters. The van der Waals surface area contributed by atoms with Gasteiger partial charge in [-0.05, 0) is 25.5 Å². The molecule has 1 aromatic carbocycles. The molecule has 0 aliphatic carbocycles. The van der Waals surface area contributed by atoms with Gasteiger partial charge in [0.05, 0.1) is 10.6 Å². The zero-order valence-electron chi connectivity index (χ0n) is 10.2. The summed E-state index contributed by atoms with van der Waals surface area (Å²) < 4.78 is 23.9. The molecular formula is C12H15NO4S. The van der Waals surface area contributed by atoms with E-state index in [4.69, 9.17) is 5.11 Å². The molecule has 2 rings (SSSR count). The van der Waals surface area contributed by atoms with Gasteiger partial charge in [0, 0.05) is 6.04 Å². The first kappa shape index (κ1) is 13.0. The summed E-state index contributed by atoms with van der Waals surface area (Å²) in [6.45, 7) is 3.03. The van der Waals surface area contributed by atoms with Gasteiger partial charge in [-0.15, -0.1) is 0 Å². The highest BCUT2D eigenvalue weighted by Gasteiger charge is 2.39. The van der Waals surface area contributed by atoms with Crippen LogP contribution >= 0.6 is 0 Å². The average Bonchev–Trinajstić information content (AvgIpc) is 2.51. The highest BCUT2D eigenvalue weighted by atomic mass is 32.2. The highest BCUT2D eigenvalue weighted by molar-refractivity contribution is 7.91. The molecule has 5 nitrogen and oxygen atoms in total. The molecule has 0 aromatic heterocycles. The maximum absolute atomic E-state index is 11.9. The Hall–Kier alpha value is -1.40. The maximum Gasteiger partial charge on any atom is 0.323 e. The average molecular weight is 269 g/mol. The molecule has 1 heterocycles. The molecule has 0 fully saturated rings. The van der Waals surface area contributed by atoms with E-state index in [0.29, 0.717) is 10.5 Å². The third-order valence-electron chi connectivity index (χ3n) is 3.09. The lowest BCUT2D eigenvalue weighted by Gasteiger charge is -2.25. The lowest BCUT2D eigenvalue weighted by Crippen LogP contribution is -2.48. The number of hydrogen-bond acceptors (Lipinski definition) is 4. The second kappa shape index (κ2) is 4.07. The van der Waals surface area contributed by atoms with Crippen molar-refractivity contribution in [2.45, 2.75) is 30.3 Å². The quantitative estimate of drug-likeness (QED) is 0.854. The first-order valence-corrected chi connectivity index (χ1v) is 7.22. The molecule has 0 amide bonds. The van der Waals surface area contributed by atoms with Crippen molar-refractivity contribution in [3.05, 3.63) is 29.8 Å². The van der Waals surface area contributed by atoms with E-state index in [9.17, 15) is 13.2 Å². The summed E-state index contributed by atoms with van der Waals surface area (Å²) >= 11 is 0. The molecular weight excluding hydrogens is 254 g/mol. The molecule has 6 heteroatoms. The van der Waals surface area contributed by atoms with Crippen LogP contribution in [0.1, 0.15) is 25.5 Å². The van der Waals surface area contributed by atoms with E-state index in [1.165, 1.54) is 13.8 Å². The lowest BCUT2D eigenvalue weighted by atomic mass is 10.0. The number of fused-ring (bicyclic) bond motifs is 1. The third-order valence-corrected chi connectivity index (χ3v) is 4.90. The summed E-state index contributed by atoms with van der Waals surface area (Å²) in [5.41, 5.74) is -0.524. The lowest BCUT2D eigenvalue weighted by molar-refractivity contribution is -0.143. The van der Waals surface area contributed by atoms with Crippen molar-refractivity contribution < 1.29 is 18.3 Å². The van der Waals surface area contributed by atoms with Crippen LogP contribution in [-0.2, 0) is 14.6 Å². The number of aliphatic carboxylic acids is 1. The van der Waals surface area contributed by atoms with Gasteiger partial charge >= 0.3 is 5.97 Å². The summed E-state index contributed by atoms with van der Waals surface area (Å²) in [6.07, 6.45) is 0. The summed E-state index contributed by atoms with van der Waals surface area (Å²) in [5.74, 6) is -1.10. The molecule has 0 spiro atoms. The molecule has 1 atom stereocenters. The normalized spacial score (nSPS) is 21.6. The van der Waals surface area contributed by atoms with Crippen LogP contribution in [0, 0.1) is 0 Å². The van der Waals surface area contributed by atoms with Gasteiger partial charge < -0.3 is 5.11 Å². The Morgan fingerprint density at radius 1 is 1.39 bits per heavy atom. The zero-order chi connectivity index (χ0) is 13.6. The van der Waals surface area contributed by atoms with Crippen LogP contribution in [0.2, 0.25) is 0 Å². The molecule has 1 aliphatic rings. The van der Waals surface area contributed by atoms with E-state index in [1.807, 2.05) is 0 Å². The Kier molecular flexibility index (Phi) is 2.95. The van der Waals surface area contributed by atoms with Crippen LogP contribution in [0.3, 0.4) is 0 Å². The number of nitrogens with one attached hydrogen (secondary N) is 1. The van der Waals surface area contributed by atoms with Crippen LogP contribution in [0.4, 0.5) is 0 Å². The highest BCUT2D eigenvalue weighted by Crippen LogP contribution is 2.34. The van der Waals surface area contributed by atoms with E-state index in [1.54, 1.807) is 24.3 Å². The Balaban J connectivity index is 2.37. The summed E-state index contributed by atoms with van der Waals surface area (Å²) in [5, 5.41) is 12.0. The van der Waals surface area contributed by atoms with E-state index in [0.717, 1.165) is 0 Å². The van der Waals surface area contributed by atoms with Crippen molar-refractivity contribution >= 4 is 15.8 Å². The Bertz CT molecular complexity index is 592. The fourth-order valence-electron chi connectivity index (χ4n) is 2.07. The number of carboxylic acids is 1. The number of sulfone groups is 1. The van der Waals surface area contributed by atoms with Gasteiger partial charge in [-0.25, -0.2) is 8.42 Å². The largest absolute Gasteiger partial charge is 0.480 e. The van der Waals surface area contributed by atoms with Gasteiger partial charge in [0.15, 0.2) is 9.84 Å². The molecule has 0 bridgehead atoms. The number of carbonyl (C=O) groups is 1. The second-order valence-corrected chi connectivity index (χ2v) is 6.95. The van der Waals surface area contributed by atoms with Crippen molar-refractivity contribution in [1.29, 1.82) is 0 Å². The van der Waals surface area contributed by atoms with E-state index in [2.05, 4.69) is 5.32 Å². The van der Waals surface area contributed by atoms with Gasteiger partial charge in [-0.2, -0.15) is 0 Å². The van der Waals surface area contributed by atoms with Crippen molar-refractivity contribution in [1.82, 2.24) is 5.32 Å². The molecule has 0 saturated carbocycles. The standard InChI is InChI=1S/C12H15NO4S/c1-12(2,11(14)15)13-9-7-18(16,17)10-6-4-3-5-8(9)10/h3-6,9,13H,7H2,1-2H3,(H,14,15). The third kappa shape index (κ3) is 2.13. The predicted molar refractivity (Wildman–Crippen MR) is 66.1 cm³/mol. The van der Waals surface area contributed by atoms with Gasteiger partial charge in [-0.3, -0.25) is 10.1 Å². The molecule has 1 aliphatic heterocycles. The van der Waals surface area contributed by atoms with Crippen LogP contribution in [0.5, 0.6) is 0 Å². The Labute approximate surface area is 106 Å². The molecule has 98 valence electrons. The Morgan fingerprint density at radius 3 is 2.61 bits per heavy atom. The monoisotopic (exact) mass is 269 g/mol.